The van der Waals surface area contributed by atoms with E-state index in [2.05, 4.69) is 10.4 Å². The summed E-state index contributed by atoms with van der Waals surface area (Å²) in [6.45, 7) is 0.780. The average molecular weight is 225 g/mol. The number of aryl methyl sites for hydroxylation is 1. The molecule has 1 aromatic rings. The van der Waals surface area contributed by atoms with Crippen LogP contribution in [0.5, 0.6) is 0 Å². The molecule has 0 aliphatic carbocycles. The Bertz CT molecular complexity index is 344. The van der Waals surface area contributed by atoms with E-state index in [4.69, 9.17) is 0 Å². The molecule has 2 rings (SSSR count). The highest BCUT2D eigenvalue weighted by molar-refractivity contribution is 7.99. The molecular formula is C10H15N3OS. The van der Waals surface area contributed by atoms with Gasteiger partial charge in [-0.1, -0.05) is 0 Å². The van der Waals surface area contributed by atoms with Gasteiger partial charge < -0.3 is 5.32 Å². The first kappa shape index (κ1) is 10.5. The number of carbonyl (C=O) groups excluding carboxylic acids is 1. The molecule has 2 heterocycles. The molecule has 1 amide bonds. The van der Waals surface area contributed by atoms with Crippen LogP contribution < -0.4 is 5.32 Å². The zero-order valence-electron chi connectivity index (χ0n) is 8.77. The molecule has 0 spiro atoms. The summed E-state index contributed by atoms with van der Waals surface area (Å²) < 4.78 is 1.64. The molecule has 0 saturated carbocycles. The van der Waals surface area contributed by atoms with Crippen LogP contribution in [0.2, 0.25) is 0 Å². The van der Waals surface area contributed by atoms with Crippen molar-refractivity contribution in [1.29, 1.82) is 0 Å². The van der Waals surface area contributed by atoms with Gasteiger partial charge in [0.25, 0.3) is 5.91 Å². The van der Waals surface area contributed by atoms with E-state index in [9.17, 15) is 4.79 Å². The molecule has 1 aliphatic heterocycles. The zero-order chi connectivity index (χ0) is 10.7. The van der Waals surface area contributed by atoms with E-state index in [-0.39, 0.29) is 5.91 Å². The molecule has 15 heavy (non-hydrogen) atoms. The number of nitrogens with one attached hydrogen (secondary N) is 1. The van der Waals surface area contributed by atoms with Gasteiger partial charge in [0, 0.05) is 19.8 Å². The first-order valence-corrected chi connectivity index (χ1v) is 6.27. The largest absolute Gasteiger partial charge is 0.350 e. The lowest BCUT2D eigenvalue weighted by Crippen LogP contribution is -2.29. The molecule has 1 atom stereocenters. The van der Waals surface area contributed by atoms with Gasteiger partial charge in [0.05, 0.1) is 0 Å². The van der Waals surface area contributed by atoms with Crippen LogP contribution in [0, 0.1) is 5.92 Å². The first-order chi connectivity index (χ1) is 7.25. The van der Waals surface area contributed by atoms with Crippen LogP contribution in [-0.2, 0) is 7.05 Å². The van der Waals surface area contributed by atoms with Crippen LogP contribution in [0.15, 0.2) is 12.3 Å². The fourth-order valence-electron chi connectivity index (χ4n) is 1.61. The first-order valence-electron chi connectivity index (χ1n) is 5.11. The molecule has 1 fully saturated rings. The predicted octanol–water partition coefficient (Wildman–Crippen LogP) is 0.903. The van der Waals surface area contributed by atoms with Crippen molar-refractivity contribution in [2.24, 2.45) is 13.0 Å². The summed E-state index contributed by atoms with van der Waals surface area (Å²) in [5.74, 6) is 2.97. The van der Waals surface area contributed by atoms with E-state index in [0.29, 0.717) is 11.6 Å². The third-order valence-electron chi connectivity index (χ3n) is 2.52. The van der Waals surface area contributed by atoms with Crippen LogP contribution >= 0.6 is 11.8 Å². The Morgan fingerprint density at radius 3 is 3.27 bits per heavy atom. The highest BCUT2D eigenvalue weighted by Crippen LogP contribution is 2.22. The van der Waals surface area contributed by atoms with Gasteiger partial charge in [-0.05, 0) is 29.9 Å². The summed E-state index contributed by atoms with van der Waals surface area (Å²) in [6, 6.07) is 1.73. The average Bonchev–Trinajstić information content (AvgIpc) is 2.84. The Labute approximate surface area is 93.4 Å². The fourth-order valence-corrected chi connectivity index (χ4v) is 2.89. The molecule has 1 N–H and O–H groups in total. The lowest BCUT2D eigenvalue weighted by atomic mass is 10.1. The molecule has 1 unspecified atom stereocenters. The summed E-state index contributed by atoms with van der Waals surface area (Å²) in [6.07, 6.45) is 2.99. The Morgan fingerprint density at radius 2 is 2.67 bits per heavy atom. The number of carbonyl (C=O) groups is 1. The summed E-state index contributed by atoms with van der Waals surface area (Å²) >= 11 is 1.96. The molecule has 0 radical (unpaired) electrons. The molecule has 1 aliphatic rings. The fraction of sp³-hybridized carbons (Fsp3) is 0.600. The maximum atomic E-state index is 11.6. The minimum absolute atomic E-state index is 0.0625. The van der Waals surface area contributed by atoms with Crippen molar-refractivity contribution >= 4 is 17.7 Å². The molecule has 0 aromatic carbocycles. The Morgan fingerprint density at radius 1 is 1.80 bits per heavy atom. The van der Waals surface area contributed by atoms with Crippen molar-refractivity contribution < 1.29 is 4.79 Å². The number of thioether (sulfide) groups is 1. The van der Waals surface area contributed by atoms with Crippen molar-refractivity contribution in [3.05, 3.63) is 18.0 Å². The molecule has 1 saturated heterocycles. The second kappa shape index (κ2) is 4.70. The number of nitrogens with zero attached hydrogens (tertiary/aromatic N) is 2. The van der Waals surface area contributed by atoms with Crippen LogP contribution in [0.3, 0.4) is 0 Å². The van der Waals surface area contributed by atoms with Gasteiger partial charge in [-0.2, -0.15) is 16.9 Å². The molecule has 82 valence electrons. The summed E-state index contributed by atoms with van der Waals surface area (Å²) in [7, 11) is 1.81. The van der Waals surface area contributed by atoms with E-state index >= 15 is 0 Å². The second-order valence-electron chi connectivity index (χ2n) is 3.81. The SMILES string of the molecule is Cn1ccc(C(=O)NCC2CCSC2)n1. The topological polar surface area (TPSA) is 46.9 Å². The van der Waals surface area contributed by atoms with Crippen molar-refractivity contribution in [3.63, 3.8) is 0 Å². The van der Waals surface area contributed by atoms with Gasteiger partial charge in [-0.25, -0.2) is 0 Å². The Hall–Kier alpha value is -0.970. The number of amides is 1. The van der Waals surface area contributed by atoms with Crippen LogP contribution in [-0.4, -0.2) is 33.7 Å². The Kier molecular flexibility index (Phi) is 3.30. The minimum atomic E-state index is -0.0625. The Balaban J connectivity index is 1.81. The number of aromatic nitrogens is 2. The molecular weight excluding hydrogens is 210 g/mol. The molecule has 5 heteroatoms. The lowest BCUT2D eigenvalue weighted by molar-refractivity contribution is 0.0943. The van der Waals surface area contributed by atoms with Gasteiger partial charge in [0.1, 0.15) is 5.69 Å². The molecule has 0 bridgehead atoms. The summed E-state index contributed by atoms with van der Waals surface area (Å²) in [5.41, 5.74) is 0.503. The maximum absolute atomic E-state index is 11.6. The molecule has 1 aromatic heterocycles. The smallest absolute Gasteiger partial charge is 0.271 e. The van der Waals surface area contributed by atoms with Crippen molar-refractivity contribution in [1.82, 2.24) is 15.1 Å². The van der Waals surface area contributed by atoms with Crippen LogP contribution in [0.4, 0.5) is 0 Å². The monoisotopic (exact) mass is 225 g/mol. The predicted molar refractivity (Wildman–Crippen MR) is 61.0 cm³/mol. The van der Waals surface area contributed by atoms with Gasteiger partial charge in [0.2, 0.25) is 0 Å². The van der Waals surface area contributed by atoms with Gasteiger partial charge >= 0.3 is 0 Å². The lowest BCUT2D eigenvalue weighted by Gasteiger charge is -2.08. The quantitative estimate of drug-likeness (QED) is 0.831. The standard InChI is InChI=1S/C10H15N3OS/c1-13-4-2-9(12-13)10(14)11-6-8-3-5-15-7-8/h2,4,8H,3,5-7H2,1H3,(H,11,14). The van der Waals surface area contributed by atoms with Gasteiger partial charge in [-0.3, -0.25) is 9.48 Å². The third kappa shape index (κ3) is 2.75. The van der Waals surface area contributed by atoms with Crippen LogP contribution in [0.1, 0.15) is 16.9 Å². The summed E-state index contributed by atoms with van der Waals surface area (Å²) in [5, 5.41) is 6.98. The van der Waals surface area contributed by atoms with Crippen molar-refractivity contribution in [2.75, 3.05) is 18.1 Å². The zero-order valence-corrected chi connectivity index (χ0v) is 9.59. The molecule has 4 nitrogen and oxygen atoms in total. The maximum Gasteiger partial charge on any atom is 0.271 e. The van der Waals surface area contributed by atoms with Gasteiger partial charge in [0.15, 0.2) is 0 Å². The van der Waals surface area contributed by atoms with Crippen molar-refractivity contribution in [2.45, 2.75) is 6.42 Å². The van der Waals surface area contributed by atoms with Crippen molar-refractivity contribution in [3.8, 4) is 0 Å². The van der Waals surface area contributed by atoms with E-state index < -0.39 is 0 Å². The summed E-state index contributed by atoms with van der Waals surface area (Å²) in [4.78, 5) is 11.6. The highest BCUT2D eigenvalue weighted by atomic mass is 32.2. The van der Waals surface area contributed by atoms with E-state index in [0.717, 1.165) is 6.54 Å². The number of hydrogen-bond donors (Lipinski definition) is 1. The van der Waals surface area contributed by atoms with E-state index in [1.165, 1.54) is 17.9 Å². The highest BCUT2D eigenvalue weighted by Gasteiger charge is 2.17. The number of rotatable bonds is 3. The third-order valence-corrected chi connectivity index (χ3v) is 3.75. The van der Waals surface area contributed by atoms with Crippen LogP contribution in [0.25, 0.3) is 0 Å². The van der Waals surface area contributed by atoms with Gasteiger partial charge in [-0.15, -0.1) is 0 Å². The second-order valence-corrected chi connectivity index (χ2v) is 4.96. The van der Waals surface area contributed by atoms with E-state index in [1.807, 2.05) is 18.8 Å². The number of hydrogen-bond acceptors (Lipinski definition) is 3. The normalized spacial score (nSPS) is 20.5. The minimum Gasteiger partial charge on any atom is -0.350 e. The van der Waals surface area contributed by atoms with E-state index in [1.54, 1.807) is 16.9 Å².